The Hall–Kier alpha value is -8.18. The van der Waals surface area contributed by atoms with Crippen LogP contribution in [0.1, 0.15) is 72.9 Å². The van der Waals surface area contributed by atoms with Gasteiger partial charge >= 0.3 is 0 Å². The minimum absolute atomic E-state index is 0.204. The summed E-state index contributed by atoms with van der Waals surface area (Å²) >= 11 is 0. The van der Waals surface area contributed by atoms with Crippen LogP contribution >= 0.6 is 0 Å². The van der Waals surface area contributed by atoms with E-state index in [4.69, 9.17) is 0 Å². The Morgan fingerprint density at radius 3 is 1.14 bits per heavy atom. The van der Waals surface area contributed by atoms with Gasteiger partial charge in [0.1, 0.15) is 0 Å². The molecule has 0 radical (unpaired) electrons. The summed E-state index contributed by atoms with van der Waals surface area (Å²) in [6.07, 6.45) is 0. The lowest BCUT2D eigenvalue weighted by atomic mass is 9.84. The van der Waals surface area contributed by atoms with Crippen LogP contribution in [0.15, 0.2) is 182 Å². The zero-order valence-electron chi connectivity index (χ0n) is 38.3. The van der Waals surface area contributed by atoms with Crippen LogP contribution in [0.4, 0.5) is 34.1 Å². The Morgan fingerprint density at radius 2 is 0.758 bits per heavy atom. The summed E-state index contributed by atoms with van der Waals surface area (Å²) in [4.78, 5) is 4.76. The predicted octanol–water partition coefficient (Wildman–Crippen LogP) is 17.5. The number of nitrogens with zero attached hydrogens (tertiary/aromatic N) is 4. The first kappa shape index (κ1) is 41.8. The van der Waals surface area contributed by atoms with Crippen LogP contribution in [0.3, 0.4) is 0 Å². The number of nitriles is 2. The molecule has 0 amide bonds. The van der Waals surface area contributed by atoms with Crippen LogP contribution in [-0.4, -0.2) is 0 Å². The van der Waals surface area contributed by atoms with Crippen molar-refractivity contribution >= 4 is 66.4 Å². The molecule has 4 nitrogen and oxygen atoms in total. The van der Waals surface area contributed by atoms with E-state index in [1.165, 1.54) is 32.7 Å². The van der Waals surface area contributed by atoms with E-state index in [1.807, 2.05) is 36.4 Å². The number of benzene rings is 10. The average Bonchev–Trinajstić information content (AvgIpc) is 3.35. The zero-order chi connectivity index (χ0) is 45.6. The summed E-state index contributed by atoms with van der Waals surface area (Å²) in [6, 6.07) is 69.4. The standard InChI is InChI=1S/C62H50N4/c1-39(2)55-35-59(65(49-21-13-15-43(31-49)37-63)57-33-47(25-23-41(57)5)45-17-9-7-10-18-45)53-30-28-52-56(40(3)4)36-60(54-29-27-51(55)61(53)62(52)54)66(50-22-14-16-44(32-50)38-64)58-34-48(26-24-42(58)6)46-19-11-8-12-20-46/h7-36,39-40H,1-6H3. The lowest BCUT2D eigenvalue weighted by Gasteiger charge is -2.33. The fourth-order valence-electron chi connectivity index (χ4n) is 9.90. The summed E-state index contributed by atoms with van der Waals surface area (Å²) < 4.78 is 0. The number of hydrogen-bond donors (Lipinski definition) is 0. The Bertz CT molecular complexity index is 3300. The zero-order valence-corrected chi connectivity index (χ0v) is 38.3. The molecule has 0 aliphatic carbocycles. The highest BCUT2D eigenvalue weighted by atomic mass is 15.2. The molecule has 0 fully saturated rings. The van der Waals surface area contributed by atoms with E-state index in [2.05, 4.69) is 209 Å². The van der Waals surface area contributed by atoms with Crippen LogP contribution in [0, 0.1) is 36.5 Å². The Balaban J connectivity index is 1.33. The highest BCUT2D eigenvalue weighted by molar-refractivity contribution is 6.29. The van der Waals surface area contributed by atoms with E-state index in [0.29, 0.717) is 11.1 Å². The smallest absolute Gasteiger partial charge is 0.0992 e. The van der Waals surface area contributed by atoms with Crippen LogP contribution < -0.4 is 9.80 Å². The second kappa shape index (κ2) is 17.1. The molecule has 0 bridgehead atoms. The van der Waals surface area contributed by atoms with Crippen molar-refractivity contribution in [3.8, 4) is 34.4 Å². The van der Waals surface area contributed by atoms with Crippen molar-refractivity contribution in [3.05, 3.63) is 215 Å². The first-order valence-corrected chi connectivity index (χ1v) is 22.8. The van der Waals surface area contributed by atoms with E-state index in [0.717, 1.165) is 78.3 Å². The van der Waals surface area contributed by atoms with Gasteiger partial charge in [0.25, 0.3) is 0 Å². The molecule has 0 saturated heterocycles. The lowest BCUT2D eigenvalue weighted by molar-refractivity contribution is 0.875. The molecule has 0 atom stereocenters. The largest absolute Gasteiger partial charge is 0.310 e. The normalized spacial score (nSPS) is 11.4. The maximum absolute atomic E-state index is 10.2. The Labute approximate surface area is 388 Å². The molecular formula is C62H50N4. The summed E-state index contributed by atoms with van der Waals surface area (Å²) in [7, 11) is 0. The summed E-state index contributed by atoms with van der Waals surface area (Å²) in [5.41, 5.74) is 16.6. The van der Waals surface area contributed by atoms with Gasteiger partial charge in [-0.2, -0.15) is 10.5 Å². The Morgan fingerprint density at radius 1 is 0.364 bits per heavy atom. The average molecular weight is 851 g/mol. The first-order valence-electron chi connectivity index (χ1n) is 22.8. The van der Waals surface area contributed by atoms with Crippen LogP contribution in [0.25, 0.3) is 54.6 Å². The summed E-state index contributed by atoms with van der Waals surface area (Å²) in [5.74, 6) is 0.407. The van der Waals surface area contributed by atoms with Gasteiger partial charge < -0.3 is 9.80 Å². The maximum Gasteiger partial charge on any atom is 0.0992 e. The summed E-state index contributed by atoms with van der Waals surface area (Å²) in [6.45, 7) is 13.5. The monoisotopic (exact) mass is 850 g/mol. The third-order valence-corrected chi connectivity index (χ3v) is 13.2. The molecule has 0 aliphatic heterocycles. The quantitative estimate of drug-likeness (QED) is 0.129. The fourth-order valence-corrected chi connectivity index (χ4v) is 9.90. The summed E-state index contributed by atoms with van der Waals surface area (Å²) in [5, 5.41) is 27.6. The van der Waals surface area contributed by atoms with Crippen molar-refractivity contribution < 1.29 is 0 Å². The molecule has 318 valence electrons. The fraction of sp³-hybridized carbons (Fsp3) is 0.129. The molecule has 0 unspecified atom stereocenters. The molecular weight excluding hydrogens is 801 g/mol. The van der Waals surface area contributed by atoms with Crippen molar-refractivity contribution in [2.24, 2.45) is 0 Å². The molecule has 0 aliphatic rings. The number of rotatable bonds is 10. The molecule has 0 heterocycles. The topological polar surface area (TPSA) is 54.1 Å². The lowest BCUT2D eigenvalue weighted by Crippen LogP contribution is -2.14. The highest BCUT2D eigenvalue weighted by Crippen LogP contribution is 2.52. The van der Waals surface area contributed by atoms with Crippen LogP contribution in [0.2, 0.25) is 0 Å². The van der Waals surface area contributed by atoms with Gasteiger partial charge in [0, 0.05) is 33.5 Å². The second-order valence-electron chi connectivity index (χ2n) is 18.1. The van der Waals surface area contributed by atoms with Crippen LogP contribution in [-0.2, 0) is 0 Å². The van der Waals surface area contributed by atoms with Gasteiger partial charge in [0.05, 0.1) is 34.6 Å². The van der Waals surface area contributed by atoms with E-state index >= 15 is 0 Å². The minimum atomic E-state index is 0.204. The van der Waals surface area contributed by atoms with E-state index in [1.54, 1.807) is 0 Å². The molecule has 0 saturated carbocycles. The number of aryl methyl sites for hydroxylation is 2. The van der Waals surface area contributed by atoms with Gasteiger partial charge in [-0.15, -0.1) is 0 Å². The van der Waals surface area contributed by atoms with Crippen LogP contribution in [0.5, 0.6) is 0 Å². The van der Waals surface area contributed by atoms with Crippen molar-refractivity contribution in [2.75, 3.05) is 9.80 Å². The van der Waals surface area contributed by atoms with Gasteiger partial charge in [-0.1, -0.05) is 149 Å². The van der Waals surface area contributed by atoms with E-state index < -0.39 is 0 Å². The van der Waals surface area contributed by atoms with Crippen molar-refractivity contribution in [2.45, 2.75) is 53.4 Å². The first-order chi connectivity index (χ1) is 32.1. The minimum Gasteiger partial charge on any atom is -0.310 e. The third kappa shape index (κ3) is 7.28. The molecule has 10 aromatic carbocycles. The molecule has 4 heteroatoms. The number of hydrogen-bond acceptors (Lipinski definition) is 4. The molecule has 10 aromatic rings. The maximum atomic E-state index is 10.2. The van der Waals surface area contributed by atoms with Gasteiger partial charge in [-0.05, 0) is 152 Å². The SMILES string of the molecule is Cc1ccc(-c2ccccc2)cc1N(c1cccc(C#N)c1)c1cc(C(C)C)c2ccc3c(N(c4cccc(C#N)c4)c4cc(-c5ccccc5)ccc4C)cc(C(C)C)c4ccc1c2c43. The molecule has 0 N–H and O–H groups in total. The molecule has 0 aromatic heterocycles. The Kier molecular flexibility index (Phi) is 10.8. The van der Waals surface area contributed by atoms with E-state index in [-0.39, 0.29) is 11.8 Å². The van der Waals surface area contributed by atoms with Gasteiger partial charge in [0.15, 0.2) is 0 Å². The van der Waals surface area contributed by atoms with Gasteiger partial charge in [0.2, 0.25) is 0 Å². The molecule has 66 heavy (non-hydrogen) atoms. The highest BCUT2D eigenvalue weighted by Gasteiger charge is 2.27. The predicted molar refractivity (Wildman–Crippen MR) is 277 cm³/mol. The third-order valence-electron chi connectivity index (χ3n) is 13.2. The van der Waals surface area contributed by atoms with Gasteiger partial charge in [-0.3, -0.25) is 0 Å². The molecule has 10 rings (SSSR count). The van der Waals surface area contributed by atoms with Crippen molar-refractivity contribution in [1.29, 1.82) is 10.5 Å². The number of anilines is 6. The van der Waals surface area contributed by atoms with E-state index in [9.17, 15) is 10.5 Å². The van der Waals surface area contributed by atoms with Gasteiger partial charge in [-0.25, -0.2) is 0 Å². The van der Waals surface area contributed by atoms with Crippen molar-refractivity contribution in [3.63, 3.8) is 0 Å². The molecule has 0 spiro atoms. The van der Waals surface area contributed by atoms with Crippen molar-refractivity contribution in [1.82, 2.24) is 0 Å². The second-order valence-corrected chi connectivity index (χ2v) is 18.1.